The van der Waals surface area contributed by atoms with Crippen molar-refractivity contribution < 1.29 is 98.0 Å². The van der Waals surface area contributed by atoms with E-state index in [1.165, 1.54) is 372 Å². The first-order valence-electron chi connectivity index (χ1n) is 62.8. The molecule has 0 aromatic heterocycles. The van der Waals surface area contributed by atoms with E-state index >= 15 is 0 Å². The number of alkyl halides is 3. The predicted octanol–water partition coefficient (Wildman–Crippen LogP) is 34.4. The molecular weight excluding hydrogens is 2060 g/mol. The third-order valence-electron chi connectivity index (χ3n) is 26.9. The lowest BCUT2D eigenvalue weighted by Gasteiger charge is -2.21. The number of aliphatic carboxylic acids is 3. The zero-order valence-electron chi connectivity index (χ0n) is 98.2. The van der Waals surface area contributed by atoms with Crippen molar-refractivity contribution in [3.8, 4) is 0 Å². The van der Waals surface area contributed by atoms with E-state index < -0.39 is 17.9 Å². The first-order valence-corrected chi connectivity index (χ1v) is 66.2. The molecule has 0 aliphatic carbocycles. The maximum absolute atomic E-state index is 12.7. The van der Waals surface area contributed by atoms with Crippen LogP contribution in [0.3, 0.4) is 0 Å². The number of hydrogen-bond donors (Lipinski definition) is 6. The van der Waals surface area contributed by atoms with Crippen LogP contribution in [0.15, 0.2) is 0 Å². The molecule has 0 amide bonds. The molecule has 24 heteroatoms. The number of aliphatic hydroxyl groups is 3. The summed E-state index contributed by atoms with van der Waals surface area (Å²) in [6, 6.07) is 0. The fourth-order valence-electron chi connectivity index (χ4n) is 17.4. The van der Waals surface area contributed by atoms with Gasteiger partial charge in [-0.15, -0.1) is 0 Å². The van der Waals surface area contributed by atoms with Crippen molar-refractivity contribution in [1.29, 1.82) is 0 Å². The molecule has 0 bridgehead atoms. The van der Waals surface area contributed by atoms with Crippen LogP contribution in [-0.4, -0.2) is 179 Å². The summed E-state index contributed by atoms with van der Waals surface area (Å²) in [5.74, 6) is -4.74. The number of halogens is 3. The molecule has 7 N–H and O–H groups in total. The number of nitrogens with two attached hydrogens (primary N) is 1. The van der Waals surface area contributed by atoms with Gasteiger partial charge in [0.2, 0.25) is 0 Å². The number of aliphatic hydroxyl groups excluding tert-OH is 3. The Kier molecular flexibility index (Phi) is 156. The topological polar surface area (TPSA) is 327 Å². The van der Waals surface area contributed by atoms with Gasteiger partial charge in [-0.3, -0.25) is 28.8 Å². The number of nitrogens with zero attached hydrogens (tertiary/aromatic N) is 1. The van der Waals surface area contributed by atoms with Crippen molar-refractivity contribution in [2.24, 2.45) is 0 Å². The number of esters is 5. The number of hydrogen-bond acceptors (Lipinski definition) is 18. The Morgan fingerprint density at radius 3 is 0.682 bits per heavy atom. The summed E-state index contributed by atoms with van der Waals surface area (Å²) in [6.07, 6.45) is 109. The fourth-order valence-corrected chi connectivity index (χ4v) is 18.6. The first-order chi connectivity index (χ1) is 72.2. The van der Waals surface area contributed by atoms with Crippen molar-refractivity contribution in [1.82, 2.24) is 4.90 Å². The van der Waals surface area contributed by atoms with Crippen molar-refractivity contribution in [2.45, 2.75) is 658 Å². The number of carbonyl (C=O) groups excluding carboxylic acids is 6. The maximum atomic E-state index is 12.7. The highest BCUT2D eigenvalue weighted by atomic mass is 79.9. The van der Waals surface area contributed by atoms with E-state index in [1.54, 1.807) is 0 Å². The molecule has 0 aromatic carbocycles. The Bertz CT molecular complexity index is 2490. The molecule has 0 rings (SSSR count). The maximum Gasteiger partial charge on any atom is 0.351 e. The molecule has 0 radical (unpaired) electrons. The van der Waals surface area contributed by atoms with Gasteiger partial charge in [-0.1, -0.05) is 495 Å². The van der Waals surface area contributed by atoms with Gasteiger partial charge in [0.15, 0.2) is 5.97 Å². The Morgan fingerprint density at radius 2 is 0.446 bits per heavy atom. The smallest absolute Gasteiger partial charge is 0.351 e. The quantitative estimate of drug-likeness (QED) is 0.0108. The number of carbonyl (C=O) groups is 8. The molecule has 0 aliphatic heterocycles. The average Bonchev–Trinajstić information content (AvgIpc) is 0.963. The number of unbranched alkanes of at least 4 members (excludes halogenated alkanes) is 68. The van der Waals surface area contributed by atoms with Crippen LogP contribution in [0.4, 0.5) is 0 Å². The second kappa shape index (κ2) is 146. The summed E-state index contributed by atoms with van der Waals surface area (Å²) < 4.78 is 27.8. The summed E-state index contributed by atoms with van der Waals surface area (Å²) in [5, 5.41) is 56.6. The van der Waals surface area contributed by atoms with E-state index in [4.69, 9.17) is 58.8 Å². The minimum Gasteiger partial charge on any atom is -0.539 e. The van der Waals surface area contributed by atoms with Crippen molar-refractivity contribution in [2.75, 3.05) is 88.4 Å². The van der Waals surface area contributed by atoms with E-state index in [1.807, 2.05) is 0 Å². The van der Waals surface area contributed by atoms with Crippen LogP contribution < -0.4 is 10.4 Å². The molecule has 0 saturated carbocycles. The van der Waals surface area contributed by atoms with Crippen LogP contribution in [0, 0.1) is 0 Å². The molecule has 0 heterocycles. The summed E-state index contributed by atoms with van der Waals surface area (Å²) in [4.78, 5) is 90.3. The van der Waals surface area contributed by atoms with Gasteiger partial charge < -0.3 is 69.3 Å². The van der Waals surface area contributed by atoms with Crippen LogP contribution in [0.5, 0.6) is 0 Å². The van der Waals surface area contributed by atoms with Gasteiger partial charge in [-0.25, -0.2) is 4.79 Å². The summed E-state index contributed by atoms with van der Waals surface area (Å²) in [6.45, 7) is 25.3. The third kappa shape index (κ3) is 156. The molecule has 0 saturated heterocycles. The van der Waals surface area contributed by atoms with Gasteiger partial charge in [-0.2, -0.15) is 0 Å². The molecule has 886 valence electrons. The van der Waals surface area contributed by atoms with Gasteiger partial charge in [0.25, 0.3) is 0 Å². The molecule has 0 atom stereocenters. The highest BCUT2D eigenvalue weighted by molar-refractivity contribution is 9.09. The second-order valence-corrected chi connectivity index (χ2v) is 44.0. The number of rotatable bonds is 110. The van der Waals surface area contributed by atoms with Crippen LogP contribution >= 0.6 is 47.8 Å². The van der Waals surface area contributed by atoms with E-state index in [0.717, 1.165) is 222 Å². The lowest BCUT2D eigenvalue weighted by molar-refractivity contribution is -0.656. The molecule has 0 spiro atoms. The van der Waals surface area contributed by atoms with Crippen LogP contribution in [-0.2, 0) is 62.0 Å². The standard InChI is InChI=1S/C44H87NO5.C27H55NO3.2C17H33BrO2.C11H24O.C6H11BrO2.C2H2O4/c1-4-7-10-13-16-17-18-24-32-41-49-43(47)35-29-25-31-38-45(39-40-46)37-30-23-19-22-28-36-44(48)50-42(33-26-20-14-11-8-5-2)34-27-21-15-12-9-6-3;1-3-5-7-9-12-16-20-26(21-17-13-10-8-6-4-2)31-27(30)22-18-14-11-15-19-23-28-24-25-29;2*1-2-3-4-5-6-7-8-9-13-16-20-17(19)14-11-10-12-15-18;1-2-3-4-5-6-7-8-9-10-11-12;7-5-3-1-2-4-6(8)9;3-1(4)2(5)6/h42,46H,4-41H2,1-3H3;26,28-29H,3-25H2,1-2H3;2*2-16H2,1H3;12H,2-11H2,1H3;1-5H2,(H,8,9);(H,3,4)(H,5,6). The summed E-state index contributed by atoms with van der Waals surface area (Å²) in [5.41, 5.74) is 0. The van der Waals surface area contributed by atoms with Crippen molar-refractivity contribution >= 4 is 95.5 Å². The third-order valence-corrected chi connectivity index (χ3v) is 28.6. The van der Waals surface area contributed by atoms with Gasteiger partial charge in [0, 0.05) is 67.7 Å². The molecular formula is C124H245Br3N2O19. The highest BCUT2D eigenvalue weighted by Crippen LogP contribution is 2.24. The van der Waals surface area contributed by atoms with Crippen LogP contribution in [0.25, 0.3) is 0 Å². The Hall–Kier alpha value is -3.00. The van der Waals surface area contributed by atoms with E-state index in [0.29, 0.717) is 71.5 Å². The molecule has 0 aromatic rings. The van der Waals surface area contributed by atoms with Gasteiger partial charge in [0.05, 0.1) is 46.1 Å². The minimum absolute atomic E-state index is 0.00755. The molecule has 0 unspecified atom stereocenters. The average molecular weight is 2310 g/mol. The highest BCUT2D eigenvalue weighted by Gasteiger charge is 2.18. The fraction of sp³-hybridized carbons (Fsp3) is 0.935. The number of ether oxygens (including phenoxy) is 5. The number of carboxylic acid groups (broad SMARTS) is 3. The first kappa shape index (κ1) is 158. The molecule has 0 fully saturated rings. The van der Waals surface area contributed by atoms with E-state index in [2.05, 4.69) is 113 Å². The van der Waals surface area contributed by atoms with Gasteiger partial charge in [-0.05, 0) is 174 Å². The lowest BCUT2D eigenvalue weighted by atomic mass is 10.0. The second-order valence-electron chi connectivity index (χ2n) is 41.6. The minimum atomic E-state index is -2.07. The van der Waals surface area contributed by atoms with Crippen LogP contribution in [0.1, 0.15) is 646 Å². The van der Waals surface area contributed by atoms with Gasteiger partial charge >= 0.3 is 41.8 Å². The Morgan fingerprint density at radius 1 is 0.236 bits per heavy atom. The summed E-state index contributed by atoms with van der Waals surface area (Å²) in [7, 11) is 0. The predicted molar refractivity (Wildman–Crippen MR) is 634 cm³/mol. The van der Waals surface area contributed by atoms with Gasteiger partial charge in [0.1, 0.15) is 12.2 Å². The molecule has 148 heavy (non-hydrogen) atoms. The van der Waals surface area contributed by atoms with E-state index in [9.17, 15) is 33.9 Å². The number of quaternary nitrogens is 1. The Labute approximate surface area is 938 Å². The largest absolute Gasteiger partial charge is 0.539 e. The van der Waals surface area contributed by atoms with Crippen molar-refractivity contribution in [3.63, 3.8) is 0 Å². The summed E-state index contributed by atoms with van der Waals surface area (Å²) >= 11 is 10.0. The SMILES string of the molecule is CCCCCCCCC(CCCCCCCC)OC(=O)CCCCCCC[NH2+]CCO.CCCCCCCCCCCO.CCCCCCCCCCCOC(=O)CCCCCBr.CCCCCCCCCCCOC(=O)CCCCCBr.CCCCCCCCCCCOC(=O)CCCCCN(CCO)CCCCCCCC(=O)OC(CCCCCCCC)CCCCCCCC.O=C(O)CCCCCBr.O=C([O-])C(=O)O. The monoisotopic (exact) mass is 2300 g/mol. The Balaban J connectivity index is -0.000000346. The normalized spacial score (nSPS) is 10.9. The van der Waals surface area contributed by atoms with Crippen molar-refractivity contribution in [3.05, 3.63) is 0 Å². The number of carboxylic acids is 3. The van der Waals surface area contributed by atoms with Crippen LogP contribution in [0.2, 0.25) is 0 Å². The lowest BCUT2D eigenvalue weighted by Crippen LogP contribution is -2.85. The molecule has 21 nitrogen and oxygen atoms in total. The van der Waals surface area contributed by atoms with E-state index in [-0.39, 0.29) is 55.3 Å². The zero-order chi connectivity index (χ0) is 111. The molecule has 0 aliphatic rings. The zero-order valence-corrected chi connectivity index (χ0v) is 103.